The molecule has 0 saturated carbocycles. The number of allylic oxidation sites excluding steroid dienone is 2. The van der Waals surface area contributed by atoms with Gasteiger partial charge in [0.25, 0.3) is 0 Å². The van der Waals surface area contributed by atoms with Gasteiger partial charge in [-0.2, -0.15) is 0 Å². The summed E-state index contributed by atoms with van der Waals surface area (Å²) in [6.07, 6.45) is 8.79. The van der Waals surface area contributed by atoms with Gasteiger partial charge >= 0.3 is 0 Å². The van der Waals surface area contributed by atoms with Crippen molar-refractivity contribution in [2.45, 2.75) is 20.8 Å². The summed E-state index contributed by atoms with van der Waals surface area (Å²) in [7, 11) is 0. The Morgan fingerprint density at radius 1 is 1.47 bits per heavy atom. The van der Waals surface area contributed by atoms with Crippen molar-refractivity contribution in [3.05, 3.63) is 48.8 Å². The van der Waals surface area contributed by atoms with Crippen LogP contribution in [0.3, 0.4) is 0 Å². The van der Waals surface area contributed by atoms with Crippen molar-refractivity contribution in [3.63, 3.8) is 0 Å². The molecular formula is C13H18N2. The van der Waals surface area contributed by atoms with Crippen LogP contribution in [0.1, 0.15) is 26.3 Å². The van der Waals surface area contributed by atoms with Crippen molar-refractivity contribution in [2.75, 3.05) is 0 Å². The molecule has 0 atom stereocenters. The molecule has 2 heteroatoms. The minimum atomic E-state index is 0.910. The molecule has 15 heavy (non-hydrogen) atoms. The molecular weight excluding hydrogens is 184 g/mol. The predicted molar refractivity (Wildman–Crippen MR) is 67.9 cm³/mol. The van der Waals surface area contributed by atoms with Crippen LogP contribution in [0.4, 0.5) is 0 Å². The highest BCUT2D eigenvalue weighted by molar-refractivity contribution is 5.79. The second kappa shape index (κ2) is 8.88. The normalized spacial score (nSPS) is 10.7. The van der Waals surface area contributed by atoms with Gasteiger partial charge in [-0.25, -0.2) is 0 Å². The Labute approximate surface area is 92.1 Å². The molecule has 0 saturated heterocycles. The zero-order valence-corrected chi connectivity index (χ0v) is 9.64. The third-order valence-electron chi connectivity index (χ3n) is 1.55. The summed E-state index contributed by atoms with van der Waals surface area (Å²) in [4.78, 5) is 8.23. The van der Waals surface area contributed by atoms with Crippen molar-refractivity contribution in [1.82, 2.24) is 4.98 Å². The van der Waals surface area contributed by atoms with E-state index in [4.69, 9.17) is 0 Å². The molecule has 0 aliphatic rings. The number of hydrogen-bond donors (Lipinski definition) is 0. The smallest absolute Gasteiger partial charge is 0.0674 e. The predicted octanol–water partition coefficient (Wildman–Crippen LogP) is 3.73. The maximum Gasteiger partial charge on any atom is 0.0674 e. The molecule has 0 aromatic carbocycles. The molecule has 1 aromatic heterocycles. The molecule has 0 aliphatic carbocycles. The van der Waals surface area contributed by atoms with Gasteiger partial charge in [0.05, 0.1) is 5.70 Å². The van der Waals surface area contributed by atoms with Crippen molar-refractivity contribution in [1.29, 1.82) is 0 Å². The van der Waals surface area contributed by atoms with Crippen LogP contribution in [0.5, 0.6) is 0 Å². The maximum absolute atomic E-state index is 4.21. The van der Waals surface area contributed by atoms with E-state index in [1.165, 1.54) is 0 Å². The van der Waals surface area contributed by atoms with E-state index >= 15 is 0 Å². The summed E-state index contributed by atoms with van der Waals surface area (Å²) in [6.45, 7) is 9.52. The van der Waals surface area contributed by atoms with Gasteiger partial charge in [-0.3, -0.25) is 9.98 Å². The highest BCUT2D eigenvalue weighted by Crippen LogP contribution is 2.12. The van der Waals surface area contributed by atoms with Crippen LogP contribution < -0.4 is 0 Å². The third kappa shape index (κ3) is 4.91. The highest BCUT2D eigenvalue weighted by atomic mass is 14.7. The van der Waals surface area contributed by atoms with Gasteiger partial charge in [0.2, 0.25) is 0 Å². The molecule has 0 N–H and O–H groups in total. The van der Waals surface area contributed by atoms with Gasteiger partial charge in [0.15, 0.2) is 0 Å². The summed E-state index contributed by atoms with van der Waals surface area (Å²) in [5, 5.41) is 0. The zero-order valence-electron chi connectivity index (χ0n) is 9.64. The summed E-state index contributed by atoms with van der Waals surface area (Å²) in [5.74, 6) is 0. The second-order valence-electron chi connectivity index (χ2n) is 2.43. The summed E-state index contributed by atoms with van der Waals surface area (Å²) >= 11 is 0. The zero-order chi connectivity index (χ0) is 11.5. The van der Waals surface area contributed by atoms with Crippen molar-refractivity contribution in [3.8, 4) is 0 Å². The molecule has 2 nitrogen and oxygen atoms in total. The maximum atomic E-state index is 4.21. The van der Waals surface area contributed by atoms with Crippen LogP contribution in [-0.2, 0) is 0 Å². The fraction of sp³-hybridized carbons (Fsp3) is 0.231. The fourth-order valence-corrected chi connectivity index (χ4v) is 0.963. The van der Waals surface area contributed by atoms with E-state index in [2.05, 4.69) is 16.6 Å². The number of hydrogen-bond acceptors (Lipinski definition) is 2. The van der Waals surface area contributed by atoms with E-state index in [-0.39, 0.29) is 0 Å². The molecule has 0 radical (unpaired) electrons. The van der Waals surface area contributed by atoms with Gasteiger partial charge < -0.3 is 0 Å². The molecule has 0 fully saturated rings. The molecule has 1 rings (SSSR count). The van der Waals surface area contributed by atoms with Gasteiger partial charge in [0.1, 0.15) is 0 Å². The average Bonchev–Trinajstić information content (AvgIpc) is 2.34. The Balaban J connectivity index is 0.000000921. The molecule has 0 aliphatic heterocycles. The van der Waals surface area contributed by atoms with E-state index in [0.29, 0.717) is 0 Å². The Morgan fingerprint density at radius 2 is 2.20 bits per heavy atom. The first-order valence-corrected chi connectivity index (χ1v) is 5.10. The lowest BCUT2D eigenvalue weighted by Crippen LogP contribution is -1.82. The van der Waals surface area contributed by atoms with Gasteiger partial charge in [-0.05, 0) is 19.1 Å². The van der Waals surface area contributed by atoms with Crippen LogP contribution in [-0.4, -0.2) is 11.2 Å². The van der Waals surface area contributed by atoms with Crippen LogP contribution in [0.15, 0.2) is 48.2 Å². The number of rotatable bonds is 3. The Morgan fingerprint density at radius 3 is 2.67 bits per heavy atom. The number of nitrogens with zero attached hydrogens (tertiary/aromatic N) is 2. The van der Waals surface area contributed by atoms with Crippen LogP contribution in [0, 0.1) is 0 Å². The summed E-state index contributed by atoms with van der Waals surface area (Å²) in [5.41, 5.74) is 1.93. The minimum absolute atomic E-state index is 0.910. The third-order valence-corrected chi connectivity index (χ3v) is 1.55. The van der Waals surface area contributed by atoms with Gasteiger partial charge in [0, 0.05) is 24.2 Å². The highest BCUT2D eigenvalue weighted by Gasteiger charge is 1.95. The van der Waals surface area contributed by atoms with E-state index in [9.17, 15) is 0 Å². The standard InChI is InChI=1S/C11H12N2.C2H6/c1-3-7-13-11(4-2)10-6-5-8-12-9-10;1-2/h3-9H,1H2,2H3;1-2H3/b11-4-,13-7?;. The minimum Gasteiger partial charge on any atom is -0.264 e. The largest absolute Gasteiger partial charge is 0.264 e. The van der Waals surface area contributed by atoms with E-state index in [1.807, 2.05) is 39.0 Å². The quantitative estimate of drug-likeness (QED) is 0.686. The Hall–Kier alpha value is -1.70. The number of aliphatic imine (C=N–C) groups is 1. The summed E-state index contributed by atoms with van der Waals surface area (Å²) < 4.78 is 0. The molecule has 0 bridgehead atoms. The van der Waals surface area contributed by atoms with Crippen molar-refractivity contribution < 1.29 is 0 Å². The first-order chi connectivity index (χ1) is 7.38. The Bertz CT molecular complexity index is 324. The van der Waals surface area contributed by atoms with Crippen molar-refractivity contribution >= 4 is 11.9 Å². The SMILES string of the molecule is C=CC=N/C(=C\C)c1cccnc1.CC. The second-order valence-corrected chi connectivity index (χ2v) is 2.43. The molecule has 1 aromatic rings. The van der Waals surface area contributed by atoms with E-state index in [1.54, 1.807) is 24.7 Å². The first-order valence-electron chi connectivity index (χ1n) is 5.10. The fourth-order valence-electron chi connectivity index (χ4n) is 0.963. The van der Waals surface area contributed by atoms with Gasteiger partial charge in [-0.15, -0.1) is 0 Å². The monoisotopic (exact) mass is 202 g/mol. The lowest BCUT2D eigenvalue weighted by Gasteiger charge is -1.98. The van der Waals surface area contributed by atoms with Gasteiger partial charge in [-0.1, -0.05) is 32.6 Å². The molecule has 80 valence electrons. The van der Waals surface area contributed by atoms with Crippen LogP contribution in [0.2, 0.25) is 0 Å². The van der Waals surface area contributed by atoms with Crippen molar-refractivity contribution in [2.24, 2.45) is 4.99 Å². The topological polar surface area (TPSA) is 25.2 Å². The molecule has 1 heterocycles. The van der Waals surface area contributed by atoms with E-state index in [0.717, 1.165) is 11.3 Å². The average molecular weight is 202 g/mol. The Kier molecular flexibility index (Phi) is 7.87. The summed E-state index contributed by atoms with van der Waals surface area (Å²) in [6, 6.07) is 3.87. The van der Waals surface area contributed by atoms with Crippen LogP contribution in [0.25, 0.3) is 5.70 Å². The first kappa shape index (κ1) is 13.3. The lowest BCUT2D eigenvalue weighted by atomic mass is 10.2. The van der Waals surface area contributed by atoms with Crippen LogP contribution >= 0.6 is 0 Å². The molecule has 0 unspecified atom stereocenters. The molecule has 0 amide bonds. The lowest BCUT2D eigenvalue weighted by molar-refractivity contribution is 1.30. The number of aromatic nitrogens is 1. The number of pyridine rings is 1. The molecule has 0 spiro atoms. The van der Waals surface area contributed by atoms with E-state index < -0.39 is 0 Å².